The highest BCUT2D eigenvalue weighted by atomic mass is 19.4. The van der Waals surface area contributed by atoms with Crippen LogP contribution >= 0.6 is 0 Å². The molecule has 0 saturated heterocycles. The second-order valence-electron chi connectivity index (χ2n) is 6.19. The number of hydrogen-bond donors (Lipinski definition) is 3. The fourth-order valence-corrected chi connectivity index (χ4v) is 2.19. The monoisotopic (exact) mass is 403 g/mol. The van der Waals surface area contributed by atoms with Crippen molar-refractivity contribution < 1.29 is 27.6 Å². The molecule has 0 saturated carbocycles. The van der Waals surface area contributed by atoms with E-state index in [2.05, 4.69) is 20.6 Å². The Bertz CT molecular complexity index is 861. The zero-order chi connectivity index (χ0) is 21.1. The normalized spacial score (nSPS) is 12.7. The molecule has 8 nitrogen and oxygen atoms in total. The Morgan fingerprint density at radius 3 is 2.46 bits per heavy atom. The lowest BCUT2D eigenvalue weighted by Gasteiger charge is -2.21. The van der Waals surface area contributed by atoms with Crippen molar-refractivity contribution in [2.45, 2.75) is 26.1 Å². The summed E-state index contributed by atoms with van der Waals surface area (Å²) in [5, 5.41) is 25.3. The first-order valence-corrected chi connectivity index (χ1v) is 8.06. The van der Waals surface area contributed by atoms with Crippen LogP contribution in [0.5, 0.6) is 0 Å². The van der Waals surface area contributed by atoms with Crippen LogP contribution < -0.4 is 10.6 Å². The molecule has 2 rings (SSSR count). The third-order valence-electron chi connectivity index (χ3n) is 3.75. The molecule has 0 radical (unpaired) electrons. The Labute approximate surface area is 156 Å². The standard InChI is InChI=1S/C16H17F4N5O3/c1-8(2)11(7-26)22-15-23-13(16(18,19)20)6-14(24-15)21-9-3-4-10(17)12(5-9)25(27)28/h3-6,8,11,26H,7H2,1-2H3,(H2,21,22,23,24)/t11-/m1/s1. The number of nitrogens with one attached hydrogen (secondary N) is 2. The van der Waals surface area contributed by atoms with Crippen LogP contribution in [0.3, 0.4) is 0 Å². The molecule has 1 aromatic heterocycles. The smallest absolute Gasteiger partial charge is 0.394 e. The van der Waals surface area contributed by atoms with Crippen LogP contribution in [0.25, 0.3) is 0 Å². The molecule has 0 bridgehead atoms. The average Bonchev–Trinajstić information content (AvgIpc) is 2.60. The molecule has 0 spiro atoms. The number of nitrogens with zero attached hydrogens (tertiary/aromatic N) is 3. The Kier molecular flexibility index (Phi) is 6.33. The molecule has 1 aromatic carbocycles. The molecule has 0 aliphatic rings. The van der Waals surface area contributed by atoms with Gasteiger partial charge in [-0.2, -0.15) is 22.5 Å². The second kappa shape index (κ2) is 8.33. The maximum absolute atomic E-state index is 13.4. The molecular formula is C16H17F4N5O3. The van der Waals surface area contributed by atoms with Gasteiger partial charge in [0.25, 0.3) is 0 Å². The number of aliphatic hydroxyl groups is 1. The first-order valence-electron chi connectivity index (χ1n) is 8.06. The summed E-state index contributed by atoms with van der Waals surface area (Å²) in [5.74, 6) is -1.91. The number of aliphatic hydroxyl groups excluding tert-OH is 1. The number of anilines is 3. The summed E-state index contributed by atoms with van der Waals surface area (Å²) in [7, 11) is 0. The minimum absolute atomic E-state index is 0.0338. The highest BCUT2D eigenvalue weighted by Crippen LogP contribution is 2.31. The van der Waals surface area contributed by atoms with E-state index in [1.54, 1.807) is 13.8 Å². The summed E-state index contributed by atoms with van der Waals surface area (Å²) in [6.45, 7) is 3.14. The van der Waals surface area contributed by atoms with E-state index in [1.165, 1.54) is 0 Å². The SMILES string of the molecule is CC(C)[C@@H](CO)Nc1nc(Nc2ccc(F)c([N+](=O)[O-])c2)cc(C(F)(F)F)n1. The van der Waals surface area contributed by atoms with E-state index < -0.39 is 34.3 Å². The number of rotatable bonds is 7. The van der Waals surface area contributed by atoms with Gasteiger partial charge in [0.1, 0.15) is 5.82 Å². The van der Waals surface area contributed by atoms with Gasteiger partial charge < -0.3 is 15.7 Å². The molecular weight excluding hydrogens is 386 g/mol. The quantitative estimate of drug-likeness (QED) is 0.367. The summed E-state index contributed by atoms with van der Waals surface area (Å²) in [6.07, 6.45) is -4.78. The van der Waals surface area contributed by atoms with E-state index >= 15 is 0 Å². The lowest BCUT2D eigenvalue weighted by atomic mass is 10.1. The van der Waals surface area contributed by atoms with Crippen LogP contribution in [0.15, 0.2) is 24.3 Å². The van der Waals surface area contributed by atoms with Crippen LogP contribution in [0.4, 0.5) is 40.7 Å². The highest BCUT2D eigenvalue weighted by molar-refractivity contribution is 5.61. The van der Waals surface area contributed by atoms with E-state index in [0.717, 1.165) is 18.2 Å². The minimum Gasteiger partial charge on any atom is -0.394 e. The van der Waals surface area contributed by atoms with Crippen molar-refractivity contribution in [2.75, 3.05) is 17.2 Å². The summed E-state index contributed by atoms with van der Waals surface area (Å²) >= 11 is 0. The molecule has 0 aliphatic heterocycles. The predicted molar refractivity (Wildman–Crippen MR) is 92.7 cm³/mol. The number of alkyl halides is 3. The molecule has 2 aromatic rings. The van der Waals surface area contributed by atoms with Crippen LogP contribution in [-0.4, -0.2) is 32.6 Å². The first-order chi connectivity index (χ1) is 13.0. The zero-order valence-electron chi connectivity index (χ0n) is 14.8. The highest BCUT2D eigenvalue weighted by Gasteiger charge is 2.34. The van der Waals surface area contributed by atoms with Crippen molar-refractivity contribution in [2.24, 2.45) is 5.92 Å². The van der Waals surface area contributed by atoms with E-state index in [0.29, 0.717) is 6.07 Å². The maximum Gasteiger partial charge on any atom is 0.433 e. The molecule has 1 atom stereocenters. The third-order valence-corrected chi connectivity index (χ3v) is 3.75. The Morgan fingerprint density at radius 2 is 1.93 bits per heavy atom. The number of benzene rings is 1. The Balaban J connectivity index is 2.42. The molecule has 28 heavy (non-hydrogen) atoms. The van der Waals surface area contributed by atoms with Gasteiger partial charge in [0.15, 0.2) is 5.69 Å². The van der Waals surface area contributed by atoms with Crippen LogP contribution in [0.2, 0.25) is 0 Å². The molecule has 0 fully saturated rings. The molecule has 0 unspecified atom stereocenters. The molecule has 0 amide bonds. The number of hydrogen-bond acceptors (Lipinski definition) is 7. The average molecular weight is 403 g/mol. The summed E-state index contributed by atoms with van der Waals surface area (Å²) in [4.78, 5) is 17.2. The van der Waals surface area contributed by atoms with Crippen molar-refractivity contribution in [3.63, 3.8) is 0 Å². The number of aromatic nitrogens is 2. The molecule has 12 heteroatoms. The number of halogens is 4. The van der Waals surface area contributed by atoms with Crippen molar-refractivity contribution in [1.29, 1.82) is 0 Å². The topological polar surface area (TPSA) is 113 Å². The van der Waals surface area contributed by atoms with Gasteiger partial charge in [-0.25, -0.2) is 4.98 Å². The van der Waals surface area contributed by atoms with Gasteiger partial charge in [-0.1, -0.05) is 13.8 Å². The van der Waals surface area contributed by atoms with E-state index in [9.17, 15) is 32.8 Å². The second-order valence-corrected chi connectivity index (χ2v) is 6.19. The molecule has 3 N–H and O–H groups in total. The third kappa shape index (κ3) is 5.25. The maximum atomic E-state index is 13.4. The van der Waals surface area contributed by atoms with Gasteiger partial charge in [0.05, 0.1) is 17.6 Å². The van der Waals surface area contributed by atoms with Crippen molar-refractivity contribution in [1.82, 2.24) is 9.97 Å². The van der Waals surface area contributed by atoms with Gasteiger partial charge in [0.2, 0.25) is 11.8 Å². The van der Waals surface area contributed by atoms with Crippen LogP contribution in [0, 0.1) is 21.8 Å². The van der Waals surface area contributed by atoms with Gasteiger partial charge in [0, 0.05) is 17.8 Å². The van der Waals surface area contributed by atoms with Crippen molar-refractivity contribution >= 4 is 23.1 Å². The van der Waals surface area contributed by atoms with E-state index in [4.69, 9.17) is 0 Å². The van der Waals surface area contributed by atoms with Gasteiger partial charge in [-0.05, 0) is 18.1 Å². The lowest BCUT2D eigenvalue weighted by Crippen LogP contribution is -2.30. The van der Waals surface area contributed by atoms with Gasteiger partial charge in [-0.3, -0.25) is 10.1 Å². The Hall–Kier alpha value is -3.02. The lowest BCUT2D eigenvalue weighted by molar-refractivity contribution is -0.387. The van der Waals surface area contributed by atoms with Crippen molar-refractivity contribution in [3.05, 3.63) is 45.9 Å². The predicted octanol–water partition coefficient (Wildman–Crippen LogP) is 3.72. The van der Waals surface area contributed by atoms with Crippen LogP contribution in [-0.2, 0) is 6.18 Å². The number of nitro benzene ring substituents is 1. The van der Waals surface area contributed by atoms with E-state index in [1.807, 2.05) is 0 Å². The fourth-order valence-electron chi connectivity index (χ4n) is 2.19. The molecule has 1 heterocycles. The van der Waals surface area contributed by atoms with Gasteiger partial charge in [-0.15, -0.1) is 0 Å². The molecule has 0 aliphatic carbocycles. The zero-order valence-corrected chi connectivity index (χ0v) is 14.8. The van der Waals surface area contributed by atoms with Crippen LogP contribution in [0.1, 0.15) is 19.5 Å². The minimum atomic E-state index is -4.78. The largest absolute Gasteiger partial charge is 0.433 e. The summed E-state index contributed by atoms with van der Waals surface area (Å²) in [5.41, 5.74) is -2.13. The van der Waals surface area contributed by atoms with Gasteiger partial charge >= 0.3 is 11.9 Å². The first kappa shape index (κ1) is 21.3. The van der Waals surface area contributed by atoms with Crippen molar-refractivity contribution in [3.8, 4) is 0 Å². The van der Waals surface area contributed by atoms with E-state index in [-0.39, 0.29) is 30.0 Å². The molecule has 152 valence electrons. The number of nitro groups is 1. The fraction of sp³-hybridized carbons (Fsp3) is 0.375. The Morgan fingerprint density at radius 1 is 1.25 bits per heavy atom. The summed E-state index contributed by atoms with van der Waals surface area (Å²) < 4.78 is 52.9. The summed E-state index contributed by atoms with van der Waals surface area (Å²) in [6, 6.07) is 2.79.